The van der Waals surface area contributed by atoms with Crippen molar-refractivity contribution in [1.82, 2.24) is 10.9 Å². The summed E-state index contributed by atoms with van der Waals surface area (Å²) in [6.07, 6.45) is -0.149. The van der Waals surface area contributed by atoms with Gasteiger partial charge in [-0.25, -0.2) is 0 Å². The lowest BCUT2D eigenvalue weighted by Gasteiger charge is -2.12. The van der Waals surface area contributed by atoms with Crippen LogP contribution >= 0.6 is 0 Å². The molecule has 0 aromatic heterocycles. The average Bonchev–Trinajstić information content (AvgIpc) is 3.04. The Hall–Kier alpha value is -3.02. The number of carbonyl (C=O) groups is 2. The highest BCUT2D eigenvalue weighted by atomic mass is 16.5. The fourth-order valence-electron chi connectivity index (χ4n) is 2.47. The van der Waals surface area contributed by atoms with E-state index in [0.29, 0.717) is 30.1 Å². The Kier molecular flexibility index (Phi) is 4.65. The van der Waals surface area contributed by atoms with Crippen molar-refractivity contribution in [3.05, 3.63) is 59.7 Å². The van der Waals surface area contributed by atoms with Crippen molar-refractivity contribution >= 4 is 11.8 Å². The van der Waals surface area contributed by atoms with Gasteiger partial charge in [0.05, 0.1) is 6.61 Å². The minimum Gasteiger partial charge on any atom is -0.494 e. The summed E-state index contributed by atoms with van der Waals surface area (Å²) < 4.78 is 10.9. The largest absolute Gasteiger partial charge is 0.494 e. The summed E-state index contributed by atoms with van der Waals surface area (Å²) in [5.74, 6) is 0.609. The highest BCUT2D eigenvalue weighted by molar-refractivity contribution is 5.96. The Morgan fingerprint density at radius 1 is 1.12 bits per heavy atom. The molecule has 2 aromatic rings. The van der Waals surface area contributed by atoms with Crippen LogP contribution in [0.1, 0.15) is 22.8 Å². The Morgan fingerprint density at radius 3 is 2.58 bits per heavy atom. The Labute approximate surface area is 139 Å². The lowest BCUT2D eigenvalue weighted by atomic mass is 10.1. The minimum absolute atomic E-state index is 0.384. The fraction of sp³-hybridized carbons (Fsp3) is 0.222. The van der Waals surface area contributed by atoms with Gasteiger partial charge in [-0.2, -0.15) is 0 Å². The SMILES string of the molecule is CCOc1ccc(C(=O)NNC(=O)[C@H]2Cc3ccccc3O2)cc1. The molecule has 2 N–H and O–H groups in total. The molecule has 1 aliphatic heterocycles. The van der Waals surface area contributed by atoms with E-state index >= 15 is 0 Å². The monoisotopic (exact) mass is 326 g/mol. The van der Waals surface area contributed by atoms with Crippen molar-refractivity contribution in [3.8, 4) is 11.5 Å². The molecule has 6 heteroatoms. The molecule has 0 spiro atoms. The lowest BCUT2D eigenvalue weighted by Crippen LogP contribution is -2.47. The van der Waals surface area contributed by atoms with Gasteiger partial charge in [-0.1, -0.05) is 18.2 Å². The smallest absolute Gasteiger partial charge is 0.279 e. The van der Waals surface area contributed by atoms with Crippen LogP contribution in [0.25, 0.3) is 0 Å². The molecule has 0 radical (unpaired) electrons. The summed E-state index contributed by atoms with van der Waals surface area (Å²) in [4.78, 5) is 24.2. The zero-order valence-corrected chi connectivity index (χ0v) is 13.2. The molecular weight excluding hydrogens is 308 g/mol. The van der Waals surface area contributed by atoms with Crippen molar-refractivity contribution < 1.29 is 19.1 Å². The van der Waals surface area contributed by atoms with Gasteiger partial charge in [0.25, 0.3) is 11.8 Å². The number of nitrogens with one attached hydrogen (secondary N) is 2. The molecule has 2 aromatic carbocycles. The molecular formula is C18H18N2O4. The first-order valence-corrected chi connectivity index (χ1v) is 7.75. The predicted octanol–water partition coefficient (Wildman–Crippen LogP) is 1.85. The summed E-state index contributed by atoms with van der Waals surface area (Å²) in [5, 5.41) is 0. The molecule has 0 saturated heterocycles. The maximum Gasteiger partial charge on any atom is 0.279 e. The molecule has 6 nitrogen and oxygen atoms in total. The highest BCUT2D eigenvalue weighted by Crippen LogP contribution is 2.27. The summed E-state index contributed by atoms with van der Waals surface area (Å²) in [6.45, 7) is 2.45. The first kappa shape index (κ1) is 15.9. The molecule has 0 bridgehead atoms. The van der Waals surface area contributed by atoms with Crippen LogP contribution in [0.5, 0.6) is 11.5 Å². The molecule has 24 heavy (non-hydrogen) atoms. The van der Waals surface area contributed by atoms with Crippen LogP contribution in [0.3, 0.4) is 0 Å². The number of rotatable bonds is 4. The number of hydrogen-bond acceptors (Lipinski definition) is 4. The van der Waals surface area contributed by atoms with Crippen molar-refractivity contribution in [2.45, 2.75) is 19.4 Å². The lowest BCUT2D eigenvalue weighted by molar-refractivity contribution is -0.128. The topological polar surface area (TPSA) is 76.7 Å². The number of carbonyl (C=O) groups excluding carboxylic acids is 2. The summed E-state index contributed by atoms with van der Waals surface area (Å²) >= 11 is 0. The van der Waals surface area contributed by atoms with E-state index in [1.807, 2.05) is 31.2 Å². The summed E-state index contributed by atoms with van der Waals surface area (Å²) in [7, 11) is 0. The first-order chi connectivity index (χ1) is 11.7. The second kappa shape index (κ2) is 7.04. The van der Waals surface area contributed by atoms with Crippen molar-refractivity contribution in [2.75, 3.05) is 6.61 Å². The van der Waals surface area contributed by atoms with Gasteiger partial charge < -0.3 is 9.47 Å². The molecule has 124 valence electrons. The van der Waals surface area contributed by atoms with E-state index in [2.05, 4.69) is 10.9 Å². The van der Waals surface area contributed by atoms with E-state index in [9.17, 15) is 9.59 Å². The van der Waals surface area contributed by atoms with Crippen LogP contribution in [-0.2, 0) is 11.2 Å². The van der Waals surface area contributed by atoms with Crippen LogP contribution in [0.2, 0.25) is 0 Å². The third-order valence-corrected chi connectivity index (χ3v) is 3.67. The number of ether oxygens (including phenoxy) is 2. The van der Waals surface area contributed by atoms with E-state index in [-0.39, 0.29) is 5.91 Å². The average molecular weight is 326 g/mol. The molecule has 1 atom stereocenters. The van der Waals surface area contributed by atoms with Crippen LogP contribution in [0.4, 0.5) is 0 Å². The summed E-state index contributed by atoms with van der Waals surface area (Å²) in [5.41, 5.74) is 6.20. The number of fused-ring (bicyclic) bond motifs is 1. The van der Waals surface area contributed by atoms with Crippen LogP contribution in [0, 0.1) is 0 Å². The zero-order chi connectivity index (χ0) is 16.9. The van der Waals surface area contributed by atoms with Crippen LogP contribution in [-0.4, -0.2) is 24.5 Å². The maximum absolute atomic E-state index is 12.1. The molecule has 3 rings (SSSR count). The predicted molar refractivity (Wildman–Crippen MR) is 87.8 cm³/mol. The number of hydrogen-bond donors (Lipinski definition) is 2. The standard InChI is InChI=1S/C18H18N2O4/c1-2-23-14-9-7-12(8-10-14)17(21)19-20-18(22)16-11-13-5-3-4-6-15(13)24-16/h3-10,16H,2,11H2,1H3,(H,19,21)(H,20,22)/t16-/m1/s1. The minimum atomic E-state index is -0.636. The number of benzene rings is 2. The molecule has 1 heterocycles. The molecule has 2 amide bonds. The first-order valence-electron chi connectivity index (χ1n) is 7.75. The third kappa shape index (κ3) is 3.48. The number of para-hydroxylation sites is 1. The van der Waals surface area contributed by atoms with Gasteiger partial charge in [-0.15, -0.1) is 0 Å². The second-order valence-electron chi connectivity index (χ2n) is 5.32. The highest BCUT2D eigenvalue weighted by Gasteiger charge is 2.28. The number of hydrazine groups is 1. The van der Waals surface area contributed by atoms with Crippen LogP contribution in [0.15, 0.2) is 48.5 Å². The summed E-state index contributed by atoms with van der Waals surface area (Å²) in [6, 6.07) is 14.2. The molecule has 1 aliphatic rings. The number of amides is 2. The third-order valence-electron chi connectivity index (χ3n) is 3.67. The second-order valence-corrected chi connectivity index (χ2v) is 5.32. The van der Waals surface area contributed by atoms with E-state index in [1.165, 1.54) is 0 Å². The van der Waals surface area contributed by atoms with Crippen molar-refractivity contribution in [1.29, 1.82) is 0 Å². The normalized spacial score (nSPS) is 15.1. The van der Waals surface area contributed by atoms with Crippen molar-refractivity contribution in [2.24, 2.45) is 0 Å². The van der Waals surface area contributed by atoms with E-state index in [4.69, 9.17) is 9.47 Å². The van der Waals surface area contributed by atoms with Gasteiger partial charge >= 0.3 is 0 Å². The van der Waals surface area contributed by atoms with Gasteiger partial charge in [0.15, 0.2) is 6.10 Å². The van der Waals surface area contributed by atoms with Gasteiger partial charge in [-0.05, 0) is 42.8 Å². The molecule has 0 unspecified atom stereocenters. The Bertz CT molecular complexity index is 718. The van der Waals surface area contributed by atoms with Crippen LogP contribution < -0.4 is 20.3 Å². The quantitative estimate of drug-likeness (QED) is 0.841. The molecule has 0 saturated carbocycles. The van der Waals surface area contributed by atoms with Crippen molar-refractivity contribution in [3.63, 3.8) is 0 Å². The molecule has 0 fully saturated rings. The van der Waals surface area contributed by atoms with Gasteiger partial charge in [0.1, 0.15) is 11.5 Å². The van der Waals surface area contributed by atoms with Gasteiger partial charge in [0.2, 0.25) is 0 Å². The van der Waals surface area contributed by atoms with E-state index in [0.717, 1.165) is 5.56 Å². The maximum atomic E-state index is 12.1. The fourth-order valence-corrected chi connectivity index (χ4v) is 2.47. The van der Waals surface area contributed by atoms with E-state index < -0.39 is 12.0 Å². The Morgan fingerprint density at radius 2 is 1.88 bits per heavy atom. The molecule has 0 aliphatic carbocycles. The Balaban J connectivity index is 1.52. The van der Waals surface area contributed by atoms with Gasteiger partial charge in [0, 0.05) is 12.0 Å². The van der Waals surface area contributed by atoms with E-state index in [1.54, 1.807) is 24.3 Å². The van der Waals surface area contributed by atoms with Gasteiger partial charge in [-0.3, -0.25) is 20.4 Å². The zero-order valence-electron chi connectivity index (χ0n) is 13.2.